The fourth-order valence-electron chi connectivity index (χ4n) is 3.30. The summed E-state index contributed by atoms with van der Waals surface area (Å²) in [7, 11) is -3.25. The Hall–Kier alpha value is -1.15. The Morgan fingerprint density at radius 1 is 1.09 bits per heavy atom. The number of sulfonamides is 1. The molecule has 0 N–H and O–H groups in total. The Bertz CT molecular complexity index is 540. The van der Waals surface area contributed by atoms with Crippen LogP contribution >= 0.6 is 0 Å². The van der Waals surface area contributed by atoms with Gasteiger partial charge in [0.25, 0.3) is 0 Å². The van der Waals surface area contributed by atoms with Gasteiger partial charge in [-0.1, -0.05) is 0 Å². The second kappa shape index (κ2) is 7.61. The highest BCUT2D eigenvalue weighted by atomic mass is 32.2. The number of carbonyl (C=O) groups is 2. The van der Waals surface area contributed by atoms with Crippen LogP contribution in [0.3, 0.4) is 0 Å². The first-order valence-corrected chi connectivity index (χ1v) is 10.1. The molecule has 7 nitrogen and oxygen atoms in total. The minimum absolute atomic E-state index is 0.0145. The summed E-state index contributed by atoms with van der Waals surface area (Å²) in [5.74, 6) is -0.559. The third-order valence-corrected chi connectivity index (χ3v) is 5.90. The molecule has 0 aromatic carbocycles. The first-order chi connectivity index (χ1) is 10.8. The number of ether oxygens (including phenoxy) is 1. The number of nitrogens with zero attached hydrogens (tertiary/aromatic N) is 2. The summed E-state index contributed by atoms with van der Waals surface area (Å²) in [6.07, 6.45) is 3.86. The van der Waals surface area contributed by atoms with Crippen LogP contribution in [0.25, 0.3) is 0 Å². The highest BCUT2D eigenvalue weighted by Gasteiger charge is 2.35. The lowest BCUT2D eigenvalue weighted by Crippen LogP contribution is -2.48. The van der Waals surface area contributed by atoms with Crippen LogP contribution in [0.15, 0.2) is 0 Å². The van der Waals surface area contributed by atoms with Crippen LogP contribution in [0.5, 0.6) is 0 Å². The van der Waals surface area contributed by atoms with Gasteiger partial charge >= 0.3 is 5.97 Å². The predicted molar refractivity (Wildman–Crippen MR) is 85.1 cm³/mol. The lowest BCUT2D eigenvalue weighted by molar-refractivity contribution is -0.152. The van der Waals surface area contributed by atoms with Gasteiger partial charge in [-0.2, -0.15) is 0 Å². The van der Waals surface area contributed by atoms with Gasteiger partial charge in [-0.05, 0) is 32.6 Å². The molecule has 2 saturated heterocycles. The zero-order valence-electron chi connectivity index (χ0n) is 13.9. The molecular weight excluding hydrogens is 320 g/mol. The van der Waals surface area contributed by atoms with E-state index < -0.39 is 10.0 Å². The third kappa shape index (κ3) is 4.67. The van der Waals surface area contributed by atoms with Crippen molar-refractivity contribution in [3.8, 4) is 0 Å². The number of amides is 1. The molecule has 2 aliphatic rings. The van der Waals surface area contributed by atoms with E-state index >= 15 is 0 Å². The van der Waals surface area contributed by atoms with E-state index in [1.54, 1.807) is 11.8 Å². The van der Waals surface area contributed by atoms with Crippen LogP contribution in [0.2, 0.25) is 0 Å². The van der Waals surface area contributed by atoms with Gasteiger partial charge in [0.05, 0.1) is 24.7 Å². The van der Waals surface area contributed by atoms with Gasteiger partial charge in [0, 0.05) is 26.2 Å². The number of hydrogen-bond acceptors (Lipinski definition) is 5. The van der Waals surface area contributed by atoms with Crippen LogP contribution in [0, 0.1) is 11.8 Å². The highest BCUT2D eigenvalue weighted by molar-refractivity contribution is 7.88. The summed E-state index contributed by atoms with van der Waals surface area (Å²) in [6.45, 7) is 4.01. The molecule has 2 aliphatic heterocycles. The number of likely N-dealkylation sites (tertiary alicyclic amines) is 1. The normalized spacial score (nSPS) is 24.4. The van der Waals surface area contributed by atoms with Crippen molar-refractivity contribution >= 4 is 21.9 Å². The van der Waals surface area contributed by atoms with E-state index in [4.69, 9.17) is 4.74 Å². The van der Waals surface area contributed by atoms with Crippen molar-refractivity contribution in [3.05, 3.63) is 0 Å². The summed E-state index contributed by atoms with van der Waals surface area (Å²) in [5.41, 5.74) is 0. The lowest BCUT2D eigenvalue weighted by Gasteiger charge is -2.36. The molecule has 1 amide bonds. The van der Waals surface area contributed by atoms with Gasteiger partial charge in [0.15, 0.2) is 0 Å². The topological polar surface area (TPSA) is 84.0 Å². The SMILES string of the molecule is CCOC(=O)C1CCN(C(=O)[C@@H]2CCCN(S(C)(=O)=O)C2)CC1. The van der Waals surface area contributed by atoms with Crippen molar-refractivity contribution in [1.82, 2.24) is 9.21 Å². The fraction of sp³-hybridized carbons (Fsp3) is 0.867. The van der Waals surface area contributed by atoms with Crippen molar-refractivity contribution < 1.29 is 22.7 Å². The van der Waals surface area contributed by atoms with E-state index in [-0.39, 0.29) is 30.3 Å². The minimum Gasteiger partial charge on any atom is -0.466 e. The van der Waals surface area contributed by atoms with Gasteiger partial charge in [0.2, 0.25) is 15.9 Å². The molecule has 2 fully saturated rings. The molecule has 0 bridgehead atoms. The number of carbonyl (C=O) groups excluding carboxylic acids is 2. The van der Waals surface area contributed by atoms with Gasteiger partial charge in [-0.25, -0.2) is 12.7 Å². The summed E-state index contributed by atoms with van der Waals surface area (Å²) in [6, 6.07) is 0. The standard InChI is InChI=1S/C15H26N2O5S/c1-3-22-15(19)12-6-9-16(10-7-12)14(18)13-5-4-8-17(11-13)23(2,20)21/h12-13H,3-11H2,1-2H3/t13-/m1/s1. The smallest absolute Gasteiger partial charge is 0.309 e. The van der Waals surface area contributed by atoms with Crippen LogP contribution in [0.4, 0.5) is 0 Å². The lowest BCUT2D eigenvalue weighted by atomic mass is 9.93. The first-order valence-electron chi connectivity index (χ1n) is 8.23. The molecule has 0 radical (unpaired) electrons. The van der Waals surface area contributed by atoms with Crippen molar-refractivity contribution in [1.29, 1.82) is 0 Å². The van der Waals surface area contributed by atoms with Gasteiger partial charge in [-0.3, -0.25) is 9.59 Å². The zero-order chi connectivity index (χ0) is 17.0. The second-order valence-electron chi connectivity index (χ2n) is 6.31. The summed E-state index contributed by atoms with van der Waals surface area (Å²) in [5, 5.41) is 0. The van der Waals surface area contributed by atoms with Crippen LogP contribution in [-0.4, -0.2) is 68.5 Å². The fourth-order valence-corrected chi connectivity index (χ4v) is 4.21. The number of rotatable bonds is 4. The molecular formula is C15H26N2O5S. The molecule has 132 valence electrons. The highest BCUT2D eigenvalue weighted by Crippen LogP contribution is 2.24. The molecule has 1 atom stereocenters. The zero-order valence-corrected chi connectivity index (χ0v) is 14.7. The van der Waals surface area contributed by atoms with Crippen molar-refractivity contribution in [2.75, 3.05) is 39.0 Å². The molecule has 23 heavy (non-hydrogen) atoms. The average Bonchev–Trinajstić information content (AvgIpc) is 2.54. The molecule has 0 aromatic rings. The Morgan fingerprint density at radius 3 is 2.30 bits per heavy atom. The molecule has 0 saturated carbocycles. The molecule has 0 aliphatic carbocycles. The summed E-state index contributed by atoms with van der Waals surface area (Å²) < 4.78 is 29.7. The monoisotopic (exact) mass is 346 g/mol. The Balaban J connectivity index is 1.88. The molecule has 0 spiro atoms. The van der Waals surface area contributed by atoms with E-state index in [1.165, 1.54) is 10.6 Å². The van der Waals surface area contributed by atoms with Crippen molar-refractivity contribution in [2.45, 2.75) is 32.6 Å². The summed E-state index contributed by atoms with van der Waals surface area (Å²) >= 11 is 0. The average molecular weight is 346 g/mol. The maximum atomic E-state index is 12.6. The molecule has 2 heterocycles. The quantitative estimate of drug-likeness (QED) is 0.691. The van der Waals surface area contributed by atoms with Crippen LogP contribution < -0.4 is 0 Å². The second-order valence-corrected chi connectivity index (χ2v) is 8.29. The first kappa shape index (κ1) is 18.2. The number of piperidine rings is 2. The molecule has 8 heteroatoms. The molecule has 2 rings (SSSR count). The van der Waals surface area contributed by atoms with E-state index in [9.17, 15) is 18.0 Å². The van der Waals surface area contributed by atoms with Gasteiger partial charge < -0.3 is 9.64 Å². The van der Waals surface area contributed by atoms with Crippen LogP contribution in [0.1, 0.15) is 32.6 Å². The Labute approximate surface area is 138 Å². The van der Waals surface area contributed by atoms with Crippen molar-refractivity contribution in [2.24, 2.45) is 11.8 Å². The van der Waals surface area contributed by atoms with E-state index in [0.29, 0.717) is 45.5 Å². The van der Waals surface area contributed by atoms with E-state index in [0.717, 1.165) is 6.42 Å². The minimum atomic E-state index is -3.25. The predicted octanol–water partition coefficient (Wildman–Crippen LogP) is 0.460. The third-order valence-electron chi connectivity index (χ3n) is 4.63. The largest absolute Gasteiger partial charge is 0.466 e. The van der Waals surface area contributed by atoms with Gasteiger partial charge in [-0.15, -0.1) is 0 Å². The molecule has 0 unspecified atom stereocenters. The Morgan fingerprint density at radius 2 is 1.74 bits per heavy atom. The maximum Gasteiger partial charge on any atom is 0.309 e. The maximum absolute atomic E-state index is 12.6. The van der Waals surface area contributed by atoms with E-state index in [1.807, 2.05) is 0 Å². The number of hydrogen-bond donors (Lipinski definition) is 0. The molecule has 0 aromatic heterocycles. The van der Waals surface area contributed by atoms with Gasteiger partial charge in [0.1, 0.15) is 0 Å². The van der Waals surface area contributed by atoms with E-state index in [2.05, 4.69) is 0 Å². The van der Waals surface area contributed by atoms with Crippen LogP contribution in [-0.2, 0) is 24.3 Å². The number of esters is 1. The Kier molecular flexibility index (Phi) is 6.02. The summed E-state index contributed by atoms with van der Waals surface area (Å²) in [4.78, 5) is 26.1. The van der Waals surface area contributed by atoms with Crippen molar-refractivity contribution in [3.63, 3.8) is 0 Å².